The van der Waals surface area contributed by atoms with Crippen LogP contribution in [-0.4, -0.2) is 24.3 Å². The van der Waals surface area contributed by atoms with E-state index in [-0.39, 0.29) is 18.7 Å². The number of rotatable bonds is 6. The highest BCUT2D eigenvalue weighted by Crippen LogP contribution is 2.46. The van der Waals surface area contributed by atoms with Gasteiger partial charge in [-0.3, -0.25) is 0 Å². The van der Waals surface area contributed by atoms with Gasteiger partial charge in [0.15, 0.2) is 0 Å². The van der Waals surface area contributed by atoms with Gasteiger partial charge < -0.3 is 15.7 Å². The minimum absolute atomic E-state index is 0.118. The number of nitrogens with one attached hydrogen (secondary N) is 2. The van der Waals surface area contributed by atoms with Crippen molar-refractivity contribution in [3.8, 4) is 0 Å². The summed E-state index contributed by atoms with van der Waals surface area (Å²) in [7, 11) is 0. The van der Waals surface area contributed by atoms with Crippen LogP contribution in [0.25, 0.3) is 0 Å². The normalized spacial score (nSPS) is 20.6. The molecule has 0 spiro atoms. The Morgan fingerprint density at radius 3 is 2.39 bits per heavy atom. The van der Waals surface area contributed by atoms with Crippen LogP contribution in [0.4, 0.5) is 4.79 Å². The zero-order chi connectivity index (χ0) is 16.1. The molecule has 1 saturated carbocycles. The quantitative estimate of drug-likeness (QED) is 0.768. The molecule has 0 bridgehead atoms. The van der Waals surface area contributed by atoms with Gasteiger partial charge in [0.25, 0.3) is 0 Å². The van der Waals surface area contributed by atoms with Crippen LogP contribution >= 0.6 is 0 Å². The van der Waals surface area contributed by atoms with Crippen molar-refractivity contribution in [2.75, 3.05) is 13.2 Å². The molecule has 3 rings (SSSR count). The molecule has 1 fully saturated rings. The second-order valence-corrected chi connectivity index (χ2v) is 6.01. The van der Waals surface area contributed by atoms with Crippen LogP contribution in [-0.2, 0) is 0 Å². The summed E-state index contributed by atoms with van der Waals surface area (Å²) in [5, 5.41) is 15.2. The SMILES string of the molecule is O=C(NCC1CC1c1ccccc1)N[C@H](CO)c1ccccc1. The van der Waals surface area contributed by atoms with E-state index in [0.29, 0.717) is 18.4 Å². The Kier molecular flexibility index (Phi) is 4.93. The van der Waals surface area contributed by atoms with E-state index in [1.165, 1.54) is 5.56 Å². The van der Waals surface area contributed by atoms with Gasteiger partial charge in [-0.1, -0.05) is 60.7 Å². The fourth-order valence-corrected chi connectivity index (χ4v) is 2.93. The third-order valence-electron chi connectivity index (χ3n) is 4.36. The lowest BCUT2D eigenvalue weighted by Crippen LogP contribution is -2.40. The molecule has 2 aromatic rings. The second kappa shape index (κ2) is 7.29. The predicted molar refractivity (Wildman–Crippen MR) is 90.1 cm³/mol. The van der Waals surface area contributed by atoms with Crippen molar-refractivity contribution in [1.29, 1.82) is 0 Å². The molecule has 2 aromatic carbocycles. The van der Waals surface area contributed by atoms with Crippen LogP contribution in [0.5, 0.6) is 0 Å². The topological polar surface area (TPSA) is 61.4 Å². The fraction of sp³-hybridized carbons (Fsp3) is 0.316. The molecule has 23 heavy (non-hydrogen) atoms. The van der Waals surface area contributed by atoms with Crippen LogP contribution in [0.3, 0.4) is 0 Å². The number of aliphatic hydroxyl groups excluding tert-OH is 1. The molecule has 2 unspecified atom stereocenters. The molecule has 4 nitrogen and oxygen atoms in total. The minimum Gasteiger partial charge on any atom is -0.394 e. The molecule has 0 saturated heterocycles. The average Bonchev–Trinajstić information content (AvgIpc) is 3.39. The Morgan fingerprint density at radius 1 is 1.09 bits per heavy atom. The number of hydrogen-bond acceptors (Lipinski definition) is 2. The lowest BCUT2D eigenvalue weighted by Gasteiger charge is -2.17. The Balaban J connectivity index is 1.45. The van der Waals surface area contributed by atoms with Gasteiger partial charge in [-0.2, -0.15) is 0 Å². The first-order chi connectivity index (χ1) is 11.3. The predicted octanol–water partition coefficient (Wildman–Crippen LogP) is 2.82. The zero-order valence-electron chi connectivity index (χ0n) is 13.0. The van der Waals surface area contributed by atoms with Crippen molar-refractivity contribution in [2.24, 2.45) is 5.92 Å². The Labute approximate surface area is 136 Å². The van der Waals surface area contributed by atoms with Crippen LogP contribution in [0, 0.1) is 5.92 Å². The highest BCUT2D eigenvalue weighted by Gasteiger charge is 2.38. The molecule has 2 amide bonds. The number of amides is 2. The smallest absolute Gasteiger partial charge is 0.315 e. The van der Waals surface area contributed by atoms with Crippen molar-refractivity contribution in [1.82, 2.24) is 10.6 Å². The van der Waals surface area contributed by atoms with Crippen LogP contribution < -0.4 is 10.6 Å². The van der Waals surface area contributed by atoms with Gasteiger partial charge >= 0.3 is 6.03 Å². The summed E-state index contributed by atoms with van der Waals surface area (Å²) in [6, 6.07) is 19.3. The van der Waals surface area contributed by atoms with Gasteiger partial charge in [0.05, 0.1) is 12.6 Å². The van der Waals surface area contributed by atoms with Gasteiger partial charge in [0, 0.05) is 6.54 Å². The molecule has 1 aliphatic rings. The largest absolute Gasteiger partial charge is 0.394 e. The standard InChI is InChI=1S/C19H22N2O2/c22-13-18(15-9-5-2-6-10-15)21-19(23)20-12-16-11-17(16)14-7-3-1-4-8-14/h1-10,16-18,22H,11-13H2,(H2,20,21,23)/t16?,17?,18-/m1/s1. The summed E-state index contributed by atoms with van der Waals surface area (Å²) in [6.45, 7) is 0.547. The number of aliphatic hydroxyl groups is 1. The van der Waals surface area contributed by atoms with E-state index in [9.17, 15) is 9.90 Å². The summed E-state index contributed by atoms with van der Waals surface area (Å²) >= 11 is 0. The first kappa shape index (κ1) is 15.6. The molecule has 3 N–H and O–H groups in total. The summed E-state index contributed by atoms with van der Waals surface area (Å²) in [6.07, 6.45) is 1.12. The van der Waals surface area contributed by atoms with E-state index in [2.05, 4.69) is 34.9 Å². The highest BCUT2D eigenvalue weighted by molar-refractivity contribution is 5.74. The summed E-state index contributed by atoms with van der Waals surface area (Å²) in [5.41, 5.74) is 2.25. The van der Waals surface area contributed by atoms with E-state index in [1.807, 2.05) is 36.4 Å². The maximum Gasteiger partial charge on any atom is 0.315 e. The number of urea groups is 1. The minimum atomic E-state index is -0.375. The van der Waals surface area contributed by atoms with E-state index in [0.717, 1.165) is 12.0 Å². The Hall–Kier alpha value is -2.33. The second-order valence-electron chi connectivity index (χ2n) is 6.01. The Bertz CT molecular complexity index is 630. The lowest BCUT2D eigenvalue weighted by molar-refractivity contribution is 0.216. The number of carbonyl (C=O) groups is 1. The zero-order valence-corrected chi connectivity index (χ0v) is 13.0. The highest BCUT2D eigenvalue weighted by atomic mass is 16.3. The summed E-state index contributed by atoms with van der Waals surface area (Å²) in [4.78, 5) is 12.0. The van der Waals surface area contributed by atoms with Crippen molar-refractivity contribution < 1.29 is 9.90 Å². The number of benzene rings is 2. The number of carbonyl (C=O) groups excluding carboxylic acids is 1. The van der Waals surface area contributed by atoms with Crippen molar-refractivity contribution >= 4 is 6.03 Å². The molecule has 0 aliphatic heterocycles. The summed E-state index contributed by atoms with van der Waals surface area (Å²) in [5.74, 6) is 1.06. The Morgan fingerprint density at radius 2 is 1.74 bits per heavy atom. The van der Waals surface area contributed by atoms with Crippen LogP contribution in [0.15, 0.2) is 60.7 Å². The molecular formula is C19H22N2O2. The van der Waals surface area contributed by atoms with Gasteiger partial charge in [0.2, 0.25) is 0 Å². The molecular weight excluding hydrogens is 288 g/mol. The van der Waals surface area contributed by atoms with Gasteiger partial charge in [0.1, 0.15) is 0 Å². The maximum atomic E-state index is 12.0. The molecule has 0 heterocycles. The molecule has 3 atom stereocenters. The van der Waals surface area contributed by atoms with E-state index >= 15 is 0 Å². The van der Waals surface area contributed by atoms with Crippen LogP contribution in [0.1, 0.15) is 29.5 Å². The fourth-order valence-electron chi connectivity index (χ4n) is 2.93. The first-order valence-corrected chi connectivity index (χ1v) is 8.03. The van der Waals surface area contributed by atoms with Gasteiger partial charge in [-0.15, -0.1) is 0 Å². The van der Waals surface area contributed by atoms with Gasteiger partial charge in [-0.25, -0.2) is 4.79 Å². The van der Waals surface area contributed by atoms with E-state index in [4.69, 9.17) is 0 Å². The molecule has 120 valence electrons. The van der Waals surface area contributed by atoms with Crippen LogP contribution in [0.2, 0.25) is 0 Å². The number of hydrogen-bond donors (Lipinski definition) is 3. The molecule has 0 radical (unpaired) electrons. The molecule has 0 aromatic heterocycles. The van der Waals surface area contributed by atoms with Crippen molar-refractivity contribution in [3.05, 3.63) is 71.8 Å². The van der Waals surface area contributed by atoms with E-state index in [1.54, 1.807) is 0 Å². The van der Waals surface area contributed by atoms with E-state index < -0.39 is 0 Å². The third kappa shape index (κ3) is 4.11. The van der Waals surface area contributed by atoms with Gasteiger partial charge in [-0.05, 0) is 29.4 Å². The molecule has 1 aliphatic carbocycles. The molecule has 4 heteroatoms. The monoisotopic (exact) mass is 310 g/mol. The first-order valence-electron chi connectivity index (χ1n) is 8.03. The third-order valence-corrected chi connectivity index (χ3v) is 4.36. The average molecular weight is 310 g/mol. The summed E-state index contributed by atoms with van der Waals surface area (Å²) < 4.78 is 0. The van der Waals surface area contributed by atoms with Crippen molar-refractivity contribution in [3.63, 3.8) is 0 Å². The van der Waals surface area contributed by atoms with Crippen molar-refractivity contribution in [2.45, 2.75) is 18.4 Å². The maximum absolute atomic E-state index is 12.0. The lowest BCUT2D eigenvalue weighted by atomic mass is 10.1.